The van der Waals surface area contributed by atoms with Crippen LogP contribution in [0, 0.1) is 10.1 Å². The Kier molecular flexibility index (Phi) is 4.61. The Hall–Kier alpha value is -2.15. The van der Waals surface area contributed by atoms with Crippen molar-refractivity contribution in [1.29, 1.82) is 0 Å². The maximum Gasteiger partial charge on any atom is 0.273 e. The average Bonchev–Trinajstić information content (AvgIpc) is 2.34. The van der Waals surface area contributed by atoms with Crippen molar-refractivity contribution in [2.45, 2.75) is 13.0 Å². The summed E-state index contributed by atoms with van der Waals surface area (Å²) in [5, 5.41) is 22.1. The van der Waals surface area contributed by atoms with Crippen LogP contribution in [0.3, 0.4) is 0 Å². The number of hydrogen-bond donors (Lipinski definition) is 2. The number of nitrogens with one attached hydrogen (secondary N) is 1. The lowest BCUT2D eigenvalue weighted by Gasteiger charge is -2.10. The molecule has 0 fully saturated rings. The molecule has 1 atom stereocenters. The maximum atomic E-state index is 11.7. The van der Waals surface area contributed by atoms with Gasteiger partial charge in [-0.1, -0.05) is 0 Å². The van der Waals surface area contributed by atoms with Crippen molar-refractivity contribution >= 4 is 11.6 Å². The second-order valence-electron chi connectivity index (χ2n) is 3.70. The highest BCUT2D eigenvalue weighted by atomic mass is 16.6. The van der Waals surface area contributed by atoms with E-state index < -0.39 is 16.9 Å². The molecule has 0 saturated carbocycles. The summed E-state index contributed by atoms with van der Waals surface area (Å²) in [4.78, 5) is 21.8. The molecule has 0 aliphatic heterocycles. The molecule has 98 valence electrons. The van der Waals surface area contributed by atoms with E-state index in [0.717, 1.165) is 0 Å². The standard InChI is InChI=1S/C11H14N2O5/c1-7(14)6-12-11(15)9-4-3-8(13(16)17)5-10(9)18-2/h3-5,7,14H,6H2,1-2H3,(H,12,15)/t7-/m0/s1. The Morgan fingerprint density at radius 2 is 2.28 bits per heavy atom. The van der Waals surface area contributed by atoms with E-state index >= 15 is 0 Å². The van der Waals surface area contributed by atoms with Crippen LogP contribution >= 0.6 is 0 Å². The van der Waals surface area contributed by atoms with E-state index in [9.17, 15) is 14.9 Å². The smallest absolute Gasteiger partial charge is 0.273 e. The van der Waals surface area contributed by atoms with Gasteiger partial charge in [0.2, 0.25) is 0 Å². The predicted molar refractivity (Wildman–Crippen MR) is 63.7 cm³/mol. The van der Waals surface area contributed by atoms with Gasteiger partial charge in [0.25, 0.3) is 11.6 Å². The lowest BCUT2D eigenvalue weighted by atomic mass is 10.1. The highest BCUT2D eigenvalue weighted by Crippen LogP contribution is 2.24. The first kappa shape index (κ1) is 13.9. The summed E-state index contributed by atoms with van der Waals surface area (Å²) < 4.78 is 4.94. The number of benzene rings is 1. The van der Waals surface area contributed by atoms with E-state index in [1.54, 1.807) is 0 Å². The number of hydrogen-bond acceptors (Lipinski definition) is 5. The zero-order valence-corrected chi connectivity index (χ0v) is 10.0. The van der Waals surface area contributed by atoms with Gasteiger partial charge in [-0.2, -0.15) is 0 Å². The van der Waals surface area contributed by atoms with Crippen LogP contribution in [0.5, 0.6) is 5.75 Å². The number of carbonyl (C=O) groups is 1. The number of nitro benzene ring substituents is 1. The van der Waals surface area contributed by atoms with Crippen molar-refractivity contribution in [2.24, 2.45) is 0 Å². The van der Waals surface area contributed by atoms with Crippen LogP contribution in [-0.2, 0) is 0 Å². The molecule has 7 heteroatoms. The number of nitrogens with zero attached hydrogens (tertiary/aromatic N) is 1. The molecule has 1 amide bonds. The molecule has 7 nitrogen and oxygen atoms in total. The lowest BCUT2D eigenvalue weighted by molar-refractivity contribution is -0.384. The van der Waals surface area contributed by atoms with Crippen LogP contribution in [0.4, 0.5) is 5.69 Å². The molecule has 1 aromatic rings. The number of rotatable bonds is 5. The Labute approximate surface area is 104 Å². The lowest BCUT2D eigenvalue weighted by Crippen LogP contribution is -2.30. The van der Waals surface area contributed by atoms with Gasteiger partial charge in [-0.15, -0.1) is 0 Å². The number of methoxy groups -OCH3 is 1. The number of aliphatic hydroxyl groups excluding tert-OH is 1. The Bertz CT molecular complexity index is 459. The van der Waals surface area contributed by atoms with Gasteiger partial charge in [-0.3, -0.25) is 14.9 Å². The summed E-state index contributed by atoms with van der Waals surface area (Å²) in [7, 11) is 1.32. The molecular weight excluding hydrogens is 240 g/mol. The summed E-state index contributed by atoms with van der Waals surface area (Å²) in [5.74, 6) is -0.338. The summed E-state index contributed by atoms with van der Waals surface area (Å²) in [5.41, 5.74) is 0.0303. The van der Waals surface area contributed by atoms with Crippen molar-refractivity contribution < 1.29 is 19.6 Å². The monoisotopic (exact) mass is 254 g/mol. The van der Waals surface area contributed by atoms with Gasteiger partial charge in [-0.25, -0.2) is 0 Å². The van der Waals surface area contributed by atoms with E-state index in [2.05, 4.69) is 5.32 Å². The van der Waals surface area contributed by atoms with E-state index in [1.807, 2.05) is 0 Å². The first-order valence-corrected chi connectivity index (χ1v) is 5.24. The van der Waals surface area contributed by atoms with Crippen molar-refractivity contribution in [3.63, 3.8) is 0 Å². The molecule has 0 aliphatic carbocycles. The molecule has 0 radical (unpaired) electrons. The first-order chi connectivity index (χ1) is 8.45. The van der Waals surface area contributed by atoms with Gasteiger partial charge < -0.3 is 15.2 Å². The van der Waals surface area contributed by atoms with Gasteiger partial charge >= 0.3 is 0 Å². The highest BCUT2D eigenvalue weighted by molar-refractivity contribution is 5.97. The third-order valence-corrected chi connectivity index (χ3v) is 2.20. The first-order valence-electron chi connectivity index (χ1n) is 5.24. The minimum Gasteiger partial charge on any atom is -0.496 e. The van der Waals surface area contributed by atoms with E-state index in [-0.39, 0.29) is 23.5 Å². The van der Waals surface area contributed by atoms with Crippen LogP contribution in [0.25, 0.3) is 0 Å². The van der Waals surface area contributed by atoms with Gasteiger partial charge in [0, 0.05) is 12.6 Å². The third kappa shape index (κ3) is 3.42. The van der Waals surface area contributed by atoms with Gasteiger partial charge in [0.15, 0.2) is 0 Å². The third-order valence-electron chi connectivity index (χ3n) is 2.20. The van der Waals surface area contributed by atoms with Crippen molar-refractivity contribution in [3.05, 3.63) is 33.9 Å². The normalized spacial score (nSPS) is 11.7. The van der Waals surface area contributed by atoms with Gasteiger partial charge in [-0.05, 0) is 13.0 Å². The van der Waals surface area contributed by atoms with Crippen LogP contribution in [0.15, 0.2) is 18.2 Å². The molecule has 2 N–H and O–H groups in total. The fourth-order valence-corrected chi connectivity index (χ4v) is 1.32. The number of nitro groups is 1. The van der Waals surface area contributed by atoms with Crippen LogP contribution in [0.1, 0.15) is 17.3 Å². The minimum absolute atomic E-state index is 0.0962. The maximum absolute atomic E-state index is 11.7. The molecule has 0 unspecified atom stereocenters. The summed E-state index contributed by atoms with van der Waals surface area (Å²) in [6.45, 7) is 1.63. The topological polar surface area (TPSA) is 102 Å². The average molecular weight is 254 g/mol. The molecular formula is C11H14N2O5. The number of aliphatic hydroxyl groups is 1. The number of non-ortho nitro benzene ring substituents is 1. The summed E-state index contributed by atoms with van der Waals surface area (Å²) >= 11 is 0. The number of ether oxygens (including phenoxy) is 1. The van der Waals surface area contributed by atoms with Gasteiger partial charge in [0.1, 0.15) is 5.75 Å². The largest absolute Gasteiger partial charge is 0.496 e. The predicted octanol–water partition coefficient (Wildman–Crippen LogP) is 0.714. The quantitative estimate of drug-likeness (QED) is 0.595. The summed E-state index contributed by atoms with van der Waals surface area (Å²) in [6, 6.07) is 3.71. The highest BCUT2D eigenvalue weighted by Gasteiger charge is 2.16. The SMILES string of the molecule is COc1cc([N+](=O)[O-])ccc1C(=O)NC[C@H](C)O. The Balaban J connectivity index is 2.95. The van der Waals surface area contributed by atoms with E-state index in [4.69, 9.17) is 9.84 Å². The molecule has 0 spiro atoms. The number of carbonyl (C=O) groups excluding carboxylic acids is 1. The van der Waals surface area contributed by atoms with Crippen LogP contribution in [-0.4, -0.2) is 35.7 Å². The zero-order valence-electron chi connectivity index (χ0n) is 10.0. The minimum atomic E-state index is -0.669. The fraction of sp³-hybridized carbons (Fsp3) is 0.364. The summed E-state index contributed by atoms with van der Waals surface area (Å²) in [6.07, 6.45) is -0.669. The van der Waals surface area contributed by atoms with Crippen LogP contribution in [0.2, 0.25) is 0 Å². The second kappa shape index (κ2) is 5.97. The van der Waals surface area contributed by atoms with Gasteiger partial charge in [0.05, 0.1) is 29.8 Å². The molecule has 1 rings (SSSR count). The van der Waals surface area contributed by atoms with Crippen molar-refractivity contribution in [2.75, 3.05) is 13.7 Å². The molecule has 0 bridgehead atoms. The Morgan fingerprint density at radius 3 is 2.78 bits per heavy atom. The molecule has 0 heterocycles. The van der Waals surface area contributed by atoms with Crippen molar-refractivity contribution in [3.8, 4) is 5.75 Å². The molecule has 0 aliphatic rings. The second-order valence-corrected chi connectivity index (χ2v) is 3.70. The fourth-order valence-electron chi connectivity index (χ4n) is 1.32. The van der Waals surface area contributed by atoms with E-state index in [1.165, 1.54) is 32.2 Å². The zero-order chi connectivity index (χ0) is 13.7. The molecule has 1 aromatic carbocycles. The Morgan fingerprint density at radius 1 is 1.61 bits per heavy atom. The molecule has 0 aromatic heterocycles. The molecule has 0 saturated heterocycles. The van der Waals surface area contributed by atoms with Crippen molar-refractivity contribution in [1.82, 2.24) is 5.32 Å². The van der Waals surface area contributed by atoms with E-state index in [0.29, 0.717) is 0 Å². The number of amides is 1. The molecule has 18 heavy (non-hydrogen) atoms. The van der Waals surface area contributed by atoms with Crippen LogP contribution < -0.4 is 10.1 Å².